The largest absolute Gasteiger partial charge is 0.459 e. The Kier molecular flexibility index (Phi) is 5.58. The molecule has 2 aliphatic heterocycles. The van der Waals surface area contributed by atoms with Gasteiger partial charge in [-0.05, 0) is 43.9 Å². The minimum atomic E-state index is -0.121. The Balaban J connectivity index is 1.56. The fourth-order valence-electron chi connectivity index (χ4n) is 3.61. The van der Waals surface area contributed by atoms with Crippen molar-refractivity contribution in [1.29, 1.82) is 0 Å². The predicted molar refractivity (Wildman–Crippen MR) is 95.2 cm³/mol. The molecule has 0 bridgehead atoms. The van der Waals surface area contributed by atoms with Crippen LogP contribution in [0, 0.1) is 0 Å². The van der Waals surface area contributed by atoms with E-state index in [0.717, 1.165) is 45.4 Å². The molecule has 0 radical (unpaired) electrons. The van der Waals surface area contributed by atoms with Crippen molar-refractivity contribution in [3.05, 3.63) is 35.8 Å². The van der Waals surface area contributed by atoms with E-state index in [2.05, 4.69) is 11.0 Å². The van der Waals surface area contributed by atoms with E-state index in [1.165, 1.54) is 11.8 Å². The third-order valence-electron chi connectivity index (χ3n) is 5.10. The van der Waals surface area contributed by atoms with E-state index in [1.807, 2.05) is 11.8 Å². The number of nitrogens with zero attached hydrogens (tertiary/aromatic N) is 3. The molecular formula is C19H27N3O3. The number of carbonyl (C=O) groups is 2. The van der Waals surface area contributed by atoms with Crippen molar-refractivity contribution in [2.24, 2.45) is 0 Å². The number of carbonyl (C=O) groups excluding carboxylic acids is 2. The quantitative estimate of drug-likeness (QED) is 0.766. The maximum Gasteiger partial charge on any atom is 0.289 e. The Morgan fingerprint density at radius 3 is 2.72 bits per heavy atom. The Labute approximate surface area is 149 Å². The minimum Gasteiger partial charge on any atom is -0.459 e. The highest BCUT2D eigenvalue weighted by molar-refractivity contribution is 5.91. The Morgan fingerprint density at radius 2 is 2.04 bits per heavy atom. The average molecular weight is 345 g/mol. The summed E-state index contributed by atoms with van der Waals surface area (Å²) >= 11 is 0. The molecule has 1 aromatic rings. The maximum absolute atomic E-state index is 12.6. The first kappa shape index (κ1) is 17.7. The van der Waals surface area contributed by atoms with Gasteiger partial charge in [-0.3, -0.25) is 14.5 Å². The topological polar surface area (TPSA) is 57.0 Å². The first-order valence-electron chi connectivity index (χ1n) is 9.06. The van der Waals surface area contributed by atoms with Crippen LogP contribution in [-0.2, 0) is 4.79 Å². The zero-order valence-corrected chi connectivity index (χ0v) is 15.1. The van der Waals surface area contributed by atoms with Crippen LogP contribution in [0.5, 0.6) is 0 Å². The molecule has 0 saturated carbocycles. The van der Waals surface area contributed by atoms with Crippen molar-refractivity contribution >= 4 is 11.8 Å². The van der Waals surface area contributed by atoms with E-state index < -0.39 is 0 Å². The summed E-state index contributed by atoms with van der Waals surface area (Å²) in [5.74, 6) is 0.469. The highest BCUT2D eigenvalue weighted by atomic mass is 16.3. The van der Waals surface area contributed by atoms with Gasteiger partial charge in [-0.1, -0.05) is 6.08 Å². The lowest BCUT2D eigenvalue weighted by Crippen LogP contribution is -2.48. The van der Waals surface area contributed by atoms with Crippen LogP contribution >= 0.6 is 0 Å². The second kappa shape index (κ2) is 7.87. The number of likely N-dealkylation sites (N-methyl/N-ethyl adjacent to an activating group) is 1. The van der Waals surface area contributed by atoms with Gasteiger partial charge in [0.1, 0.15) is 0 Å². The van der Waals surface area contributed by atoms with Gasteiger partial charge in [0.15, 0.2) is 5.76 Å². The smallest absolute Gasteiger partial charge is 0.289 e. The number of likely N-dealkylation sites (tertiary alicyclic amines) is 1. The molecule has 3 rings (SSSR count). The van der Waals surface area contributed by atoms with E-state index in [1.54, 1.807) is 24.1 Å². The van der Waals surface area contributed by atoms with Gasteiger partial charge in [-0.2, -0.15) is 0 Å². The third-order valence-corrected chi connectivity index (χ3v) is 5.10. The molecule has 6 heteroatoms. The van der Waals surface area contributed by atoms with Crippen LogP contribution in [0.3, 0.4) is 0 Å². The van der Waals surface area contributed by atoms with E-state index >= 15 is 0 Å². The van der Waals surface area contributed by atoms with Gasteiger partial charge in [0.25, 0.3) is 5.91 Å². The molecule has 0 aliphatic carbocycles. The number of hydrogen-bond donors (Lipinski definition) is 0. The van der Waals surface area contributed by atoms with Crippen molar-refractivity contribution in [3.63, 3.8) is 0 Å². The molecule has 0 spiro atoms. The van der Waals surface area contributed by atoms with Gasteiger partial charge in [-0.25, -0.2) is 0 Å². The maximum atomic E-state index is 12.6. The number of furan rings is 1. The van der Waals surface area contributed by atoms with Gasteiger partial charge in [0.2, 0.25) is 5.91 Å². The zero-order chi connectivity index (χ0) is 17.8. The Morgan fingerprint density at radius 1 is 1.28 bits per heavy atom. The highest BCUT2D eigenvalue weighted by Gasteiger charge is 2.29. The Hall–Kier alpha value is -2.08. The molecule has 2 amide bonds. The molecule has 2 aliphatic rings. The second-order valence-corrected chi connectivity index (χ2v) is 6.97. The van der Waals surface area contributed by atoms with Crippen LogP contribution in [-0.4, -0.2) is 72.3 Å². The third kappa shape index (κ3) is 4.12. The standard InChI is InChI=1S/C19H27N3O3/c1-15(18(23)21-9-3-4-10-21)22-11-5-7-16(14-22)13-20(2)19(24)17-8-6-12-25-17/h6-8,12,15H,3-5,9-11,13-14H2,1-2H3/t15-/m1/s1. The minimum absolute atomic E-state index is 0.104. The molecule has 1 atom stereocenters. The lowest BCUT2D eigenvalue weighted by Gasteiger charge is -2.34. The van der Waals surface area contributed by atoms with Crippen LogP contribution in [0.1, 0.15) is 36.7 Å². The fraction of sp³-hybridized carbons (Fsp3) is 0.579. The molecular weight excluding hydrogens is 318 g/mol. The number of amides is 2. The summed E-state index contributed by atoms with van der Waals surface area (Å²) in [6.45, 7) is 5.96. The first-order valence-corrected chi connectivity index (χ1v) is 9.06. The van der Waals surface area contributed by atoms with Crippen LogP contribution in [0.4, 0.5) is 0 Å². The van der Waals surface area contributed by atoms with E-state index in [9.17, 15) is 9.59 Å². The summed E-state index contributed by atoms with van der Waals surface area (Å²) in [5, 5.41) is 0. The normalized spacial score (nSPS) is 19.6. The molecule has 3 heterocycles. The summed E-state index contributed by atoms with van der Waals surface area (Å²) in [7, 11) is 1.78. The monoisotopic (exact) mass is 345 g/mol. The van der Waals surface area contributed by atoms with Crippen molar-refractivity contribution in [1.82, 2.24) is 14.7 Å². The lowest BCUT2D eigenvalue weighted by molar-refractivity contribution is -0.135. The summed E-state index contributed by atoms with van der Waals surface area (Å²) < 4.78 is 5.18. The molecule has 1 saturated heterocycles. The van der Waals surface area contributed by atoms with Crippen LogP contribution in [0.25, 0.3) is 0 Å². The molecule has 0 unspecified atom stereocenters. The number of hydrogen-bond acceptors (Lipinski definition) is 4. The van der Waals surface area contributed by atoms with Crippen LogP contribution in [0.2, 0.25) is 0 Å². The van der Waals surface area contributed by atoms with Gasteiger partial charge >= 0.3 is 0 Å². The van der Waals surface area contributed by atoms with Gasteiger partial charge in [0.05, 0.1) is 12.3 Å². The average Bonchev–Trinajstić information content (AvgIpc) is 3.33. The van der Waals surface area contributed by atoms with Crippen molar-refractivity contribution < 1.29 is 14.0 Å². The molecule has 0 aromatic carbocycles. The number of rotatable bonds is 5. The Bertz CT molecular complexity index is 632. The zero-order valence-electron chi connectivity index (χ0n) is 15.1. The van der Waals surface area contributed by atoms with E-state index in [0.29, 0.717) is 12.3 Å². The van der Waals surface area contributed by atoms with Crippen molar-refractivity contribution in [2.75, 3.05) is 39.8 Å². The van der Waals surface area contributed by atoms with Crippen molar-refractivity contribution in [2.45, 2.75) is 32.2 Å². The van der Waals surface area contributed by atoms with E-state index in [4.69, 9.17) is 4.42 Å². The van der Waals surface area contributed by atoms with Gasteiger partial charge < -0.3 is 14.2 Å². The van der Waals surface area contributed by atoms with Crippen LogP contribution in [0.15, 0.2) is 34.5 Å². The first-order chi connectivity index (χ1) is 12.1. The molecule has 0 N–H and O–H groups in total. The summed E-state index contributed by atoms with van der Waals surface area (Å²) in [6.07, 6.45) is 6.84. The summed E-state index contributed by atoms with van der Waals surface area (Å²) in [4.78, 5) is 30.8. The SMILES string of the molecule is C[C@H](C(=O)N1CCCC1)N1CCC=C(CN(C)C(=O)c2ccco2)C1. The van der Waals surface area contributed by atoms with Gasteiger partial charge in [-0.15, -0.1) is 0 Å². The fourth-order valence-corrected chi connectivity index (χ4v) is 3.61. The molecule has 25 heavy (non-hydrogen) atoms. The molecule has 1 fully saturated rings. The summed E-state index contributed by atoms with van der Waals surface area (Å²) in [6, 6.07) is 3.29. The van der Waals surface area contributed by atoms with E-state index in [-0.39, 0.29) is 17.9 Å². The van der Waals surface area contributed by atoms with Crippen LogP contribution < -0.4 is 0 Å². The second-order valence-electron chi connectivity index (χ2n) is 6.97. The molecule has 1 aromatic heterocycles. The van der Waals surface area contributed by atoms with Crippen molar-refractivity contribution in [3.8, 4) is 0 Å². The predicted octanol–water partition coefficient (Wildman–Crippen LogP) is 1.99. The molecule has 136 valence electrons. The lowest BCUT2D eigenvalue weighted by atomic mass is 10.1. The molecule has 6 nitrogen and oxygen atoms in total. The van der Waals surface area contributed by atoms with Gasteiger partial charge in [0, 0.05) is 39.8 Å². The highest BCUT2D eigenvalue weighted by Crippen LogP contribution is 2.18. The summed E-state index contributed by atoms with van der Waals surface area (Å²) in [5.41, 5.74) is 1.18.